The van der Waals surface area contributed by atoms with Crippen molar-refractivity contribution in [3.8, 4) is 0 Å². The van der Waals surface area contributed by atoms with Crippen LogP contribution in [0.2, 0.25) is 25.7 Å². The Morgan fingerprint density at radius 2 is 1.38 bits per heavy atom. The van der Waals surface area contributed by atoms with E-state index in [2.05, 4.69) is 93.3 Å². The minimum Gasteiger partial charge on any atom is -0.397 e. The molecule has 0 saturated carbocycles. The van der Waals surface area contributed by atoms with Crippen LogP contribution in [-0.2, 0) is 17.9 Å². The predicted molar refractivity (Wildman–Crippen MR) is 216 cm³/mol. The molecule has 0 radical (unpaired) electrons. The number of nitro groups is 1. The summed E-state index contributed by atoms with van der Waals surface area (Å²) in [7, 11) is -1.08. The van der Waals surface area contributed by atoms with Crippen molar-refractivity contribution >= 4 is 117 Å². The fourth-order valence-electron chi connectivity index (χ4n) is 4.23. The second-order valence-corrected chi connectivity index (χ2v) is 21.5. The van der Waals surface area contributed by atoms with Crippen LogP contribution in [0.3, 0.4) is 0 Å². The lowest BCUT2D eigenvalue weighted by atomic mass is 10.1. The standard InChI is InChI=1S/C13H18BrFN2OSi.C8H5BrFN.C6H4BrFN2O2.C6H6BrFN2/c1-19(2,3)5-4-18-9-17-8-16-12-7-10(14)6-11(15)13(12)17;9-5-3-7(10)6-1-2-11-8(6)4-5;7-3-1-4(8)6(9)5(2-3)10(11)12;7-3-1-4(8)6(10)5(9)2-3/h6-8H,4-5,9H2,1-3H3;2-4H,1H2;1-2H,9H2;1-2H,9-10H2. The molecule has 1 aromatic heterocycles. The molecule has 0 fully saturated rings. The molecule has 0 spiro atoms. The van der Waals surface area contributed by atoms with Crippen LogP contribution in [0.15, 0.2) is 77.7 Å². The van der Waals surface area contributed by atoms with Crippen molar-refractivity contribution in [1.82, 2.24) is 9.55 Å². The van der Waals surface area contributed by atoms with Gasteiger partial charge in [-0.15, -0.1) is 0 Å². The zero-order valence-electron chi connectivity index (χ0n) is 27.9. The number of hydrogen-bond donors (Lipinski definition) is 3. The van der Waals surface area contributed by atoms with E-state index < -0.39 is 36.0 Å². The molecular weight excluding hydrogens is 966 g/mol. The number of imidazole rings is 1. The van der Waals surface area contributed by atoms with E-state index in [1.165, 1.54) is 18.2 Å². The first kappa shape index (κ1) is 43.0. The molecule has 6 rings (SSSR count). The Kier molecular flexibility index (Phi) is 15.8. The number of aliphatic imine (C=N–C) groups is 1. The van der Waals surface area contributed by atoms with Crippen LogP contribution < -0.4 is 17.2 Å². The van der Waals surface area contributed by atoms with Crippen molar-refractivity contribution < 1.29 is 27.2 Å². The Balaban J connectivity index is 0.000000194. The minimum atomic E-state index is -1.08. The maximum atomic E-state index is 13.9. The van der Waals surface area contributed by atoms with Gasteiger partial charge in [-0.3, -0.25) is 15.1 Å². The van der Waals surface area contributed by atoms with E-state index in [0.29, 0.717) is 49.8 Å². The quantitative estimate of drug-likeness (QED) is 0.0381. The Labute approximate surface area is 331 Å². The van der Waals surface area contributed by atoms with Crippen molar-refractivity contribution in [2.75, 3.05) is 23.8 Å². The number of nitro benzene ring substituents is 1. The molecule has 0 saturated heterocycles. The number of nitrogens with two attached hydrogens (primary N) is 3. The molecule has 2 heterocycles. The van der Waals surface area contributed by atoms with Gasteiger partial charge in [0.2, 0.25) is 0 Å². The minimum absolute atomic E-state index is 0.00296. The molecule has 0 amide bonds. The lowest BCUT2D eigenvalue weighted by Crippen LogP contribution is -2.22. The molecule has 10 nitrogen and oxygen atoms in total. The van der Waals surface area contributed by atoms with Gasteiger partial charge in [0.1, 0.15) is 35.4 Å². The van der Waals surface area contributed by atoms with E-state index >= 15 is 0 Å². The predicted octanol–water partition coefficient (Wildman–Crippen LogP) is 10.9. The highest BCUT2D eigenvalue weighted by molar-refractivity contribution is 9.11. The molecule has 5 aromatic rings. The summed E-state index contributed by atoms with van der Waals surface area (Å²) in [5.74, 6) is -1.74. The largest absolute Gasteiger partial charge is 0.397 e. The second kappa shape index (κ2) is 19.1. The lowest BCUT2D eigenvalue weighted by molar-refractivity contribution is -0.384. The van der Waals surface area contributed by atoms with E-state index in [9.17, 15) is 27.7 Å². The number of halogens is 8. The number of aromatic nitrogens is 2. The summed E-state index contributed by atoms with van der Waals surface area (Å²) in [6.07, 6.45) is 3.96. The fraction of sp³-hybridized carbons (Fsp3) is 0.212. The molecule has 0 aliphatic carbocycles. The van der Waals surface area contributed by atoms with E-state index in [1.807, 2.05) is 6.07 Å². The molecule has 0 atom stereocenters. The van der Waals surface area contributed by atoms with Gasteiger partial charge in [-0.2, -0.15) is 0 Å². The van der Waals surface area contributed by atoms with E-state index in [-0.39, 0.29) is 23.0 Å². The summed E-state index contributed by atoms with van der Waals surface area (Å²) in [5.41, 5.74) is 17.6. The van der Waals surface area contributed by atoms with Gasteiger partial charge in [0.15, 0.2) is 5.82 Å². The molecule has 4 aromatic carbocycles. The second-order valence-electron chi connectivity index (χ2n) is 12.2. The first-order valence-corrected chi connectivity index (χ1v) is 21.9. The van der Waals surface area contributed by atoms with Crippen LogP contribution in [0.5, 0.6) is 0 Å². The molecule has 19 heteroatoms. The summed E-state index contributed by atoms with van der Waals surface area (Å²) >= 11 is 12.5. The van der Waals surface area contributed by atoms with Gasteiger partial charge in [-0.25, -0.2) is 22.5 Å². The maximum Gasteiger partial charge on any atom is 0.296 e. The molecule has 52 heavy (non-hydrogen) atoms. The zero-order valence-corrected chi connectivity index (χ0v) is 35.2. The smallest absolute Gasteiger partial charge is 0.296 e. The van der Waals surface area contributed by atoms with Crippen molar-refractivity contribution in [3.63, 3.8) is 0 Å². The number of fused-ring (bicyclic) bond motifs is 2. The average Bonchev–Trinajstić information content (AvgIpc) is 3.68. The van der Waals surface area contributed by atoms with Gasteiger partial charge in [0, 0.05) is 56.8 Å². The normalized spacial score (nSPS) is 11.5. The number of hydrogen-bond acceptors (Lipinski definition) is 8. The molecule has 1 aliphatic rings. The Morgan fingerprint density at radius 3 is 2.00 bits per heavy atom. The lowest BCUT2D eigenvalue weighted by Gasteiger charge is -2.15. The van der Waals surface area contributed by atoms with Crippen LogP contribution in [0.4, 0.5) is 46.0 Å². The molecule has 1 aliphatic heterocycles. The number of anilines is 3. The van der Waals surface area contributed by atoms with Gasteiger partial charge >= 0.3 is 0 Å². The Morgan fingerprint density at radius 1 is 0.827 bits per heavy atom. The van der Waals surface area contributed by atoms with Crippen molar-refractivity contribution in [2.45, 2.75) is 38.8 Å². The highest BCUT2D eigenvalue weighted by Crippen LogP contribution is 2.31. The third kappa shape index (κ3) is 12.6. The Hall–Kier alpha value is -3.36. The Bertz CT molecular complexity index is 2080. The van der Waals surface area contributed by atoms with E-state index in [1.54, 1.807) is 29.2 Å². The maximum absolute atomic E-state index is 13.9. The highest BCUT2D eigenvalue weighted by atomic mass is 79.9. The van der Waals surface area contributed by atoms with Gasteiger partial charge in [0.25, 0.3) is 5.69 Å². The summed E-state index contributed by atoms with van der Waals surface area (Å²) < 4.78 is 62.0. The van der Waals surface area contributed by atoms with Gasteiger partial charge in [-0.1, -0.05) is 83.4 Å². The summed E-state index contributed by atoms with van der Waals surface area (Å²) in [6, 6.07) is 12.7. The summed E-state index contributed by atoms with van der Waals surface area (Å²) in [6.45, 7) is 7.98. The summed E-state index contributed by atoms with van der Waals surface area (Å²) in [4.78, 5) is 17.7. The first-order chi connectivity index (χ1) is 24.3. The van der Waals surface area contributed by atoms with Crippen LogP contribution >= 0.6 is 63.7 Å². The van der Waals surface area contributed by atoms with Gasteiger partial charge in [-0.05, 0) is 48.5 Å². The molecule has 6 N–H and O–H groups in total. The molecule has 278 valence electrons. The van der Waals surface area contributed by atoms with Gasteiger partial charge < -0.3 is 26.5 Å². The topological polar surface area (TPSA) is 161 Å². The van der Waals surface area contributed by atoms with Crippen LogP contribution in [0.25, 0.3) is 11.0 Å². The van der Waals surface area contributed by atoms with E-state index in [4.69, 9.17) is 21.9 Å². The van der Waals surface area contributed by atoms with Crippen LogP contribution in [0, 0.1) is 33.4 Å². The van der Waals surface area contributed by atoms with Crippen molar-refractivity contribution in [2.24, 2.45) is 4.99 Å². The first-order valence-electron chi connectivity index (χ1n) is 15.0. The SMILES string of the molecule is C[Si](C)(C)CCOCn1cnc2cc(Br)cc(F)c21.Fc1cc(Br)cc2c1CC=N2.Nc1c(F)cc(Br)cc1[N+](=O)[O-].Nc1cc(Br)cc(F)c1N. The highest BCUT2D eigenvalue weighted by Gasteiger charge is 2.17. The third-order valence-electron chi connectivity index (χ3n) is 6.92. The van der Waals surface area contributed by atoms with E-state index in [0.717, 1.165) is 28.3 Å². The molecule has 0 bridgehead atoms. The van der Waals surface area contributed by atoms with Crippen LogP contribution in [0.1, 0.15) is 5.56 Å². The third-order valence-corrected chi connectivity index (χ3v) is 10.5. The number of nitrogen functional groups attached to an aromatic ring is 3. The van der Waals surface area contributed by atoms with Gasteiger partial charge in [0.05, 0.1) is 33.8 Å². The summed E-state index contributed by atoms with van der Waals surface area (Å²) in [5, 5.41) is 10.3. The number of benzene rings is 4. The number of nitrogens with zero attached hydrogens (tertiary/aromatic N) is 4. The fourth-order valence-corrected chi connectivity index (χ4v) is 6.69. The van der Waals surface area contributed by atoms with Crippen molar-refractivity contribution in [1.29, 1.82) is 0 Å². The molecule has 0 unspecified atom stereocenters. The van der Waals surface area contributed by atoms with Crippen LogP contribution in [-0.4, -0.2) is 35.4 Å². The number of ether oxygens (including phenoxy) is 1. The molecular formula is C33H33Br4F4N7O3Si. The average molecular weight is 999 g/mol. The zero-order chi connectivity index (χ0) is 38.9. The van der Waals surface area contributed by atoms with Crippen molar-refractivity contribution in [3.05, 3.63) is 112 Å². The number of rotatable bonds is 6. The monoisotopic (exact) mass is 995 g/mol.